The van der Waals surface area contributed by atoms with Gasteiger partial charge in [0.2, 0.25) is 5.91 Å². The number of ether oxygens (including phenoxy) is 2. The third kappa shape index (κ3) is 11.8. The number of nitriles is 1. The molecule has 0 aliphatic rings. The fourth-order valence-corrected chi connectivity index (χ4v) is 5.37. The van der Waals surface area contributed by atoms with Crippen LogP contribution in [0.5, 0.6) is 28.7 Å². The third-order valence-corrected chi connectivity index (χ3v) is 8.37. The molecule has 1 aromatic heterocycles. The number of phenols is 3. The first-order valence-electron chi connectivity index (χ1n) is 18.0. The minimum atomic E-state index is -1.42. The molecule has 19 heteroatoms. The first kappa shape index (κ1) is 45.8. The largest absolute Gasteiger partial charge is 0.508 e. The zero-order chi connectivity index (χ0) is 45.5. The molecule has 0 unspecified atom stereocenters. The molecule has 9 N–H and O–H groups in total. The summed E-state index contributed by atoms with van der Waals surface area (Å²) in [4.78, 5) is 79.3. The van der Waals surface area contributed by atoms with Crippen LogP contribution in [-0.4, -0.2) is 81.7 Å². The van der Waals surface area contributed by atoms with E-state index in [9.17, 15) is 49.2 Å². The Labute approximate surface area is 353 Å². The van der Waals surface area contributed by atoms with Crippen molar-refractivity contribution in [3.05, 3.63) is 125 Å². The molecule has 5 aromatic rings. The molecule has 0 aliphatic heterocycles. The summed E-state index contributed by atoms with van der Waals surface area (Å²) in [5, 5.41) is 59.8. The molecule has 318 valence electrons. The number of rotatable bonds is 14. The number of carbonyl (C=O) groups is 6. The molecule has 1 heterocycles. The summed E-state index contributed by atoms with van der Waals surface area (Å²) in [7, 11) is 2.37. The van der Waals surface area contributed by atoms with E-state index in [2.05, 4.69) is 31.6 Å². The van der Waals surface area contributed by atoms with E-state index < -0.39 is 59.1 Å². The summed E-state index contributed by atoms with van der Waals surface area (Å²) in [6, 6.07) is 21.4. The lowest BCUT2D eigenvalue weighted by molar-refractivity contribution is -0.115. The van der Waals surface area contributed by atoms with E-state index in [1.807, 2.05) is 0 Å². The SMILES string of the molecule is CC#N.COc1c(NC(=O)c2ccc(NC(=O)c3ccc(NC(=O)CNC(=O)c4ccc(NC(=O)/C(C)=C/c5ccc(O)cc5)cn4)cc3)c(OC)c2O)ccc(C(=O)O)c1O. The van der Waals surface area contributed by atoms with Crippen LogP contribution in [0, 0.1) is 11.3 Å². The van der Waals surface area contributed by atoms with Crippen molar-refractivity contribution < 1.29 is 58.7 Å². The zero-order valence-corrected chi connectivity index (χ0v) is 33.4. The Hall–Kier alpha value is -8.92. The van der Waals surface area contributed by atoms with Gasteiger partial charge in [0.15, 0.2) is 23.0 Å². The molecule has 62 heavy (non-hydrogen) atoms. The predicted molar refractivity (Wildman–Crippen MR) is 225 cm³/mol. The molecule has 0 bridgehead atoms. The van der Waals surface area contributed by atoms with E-state index in [-0.39, 0.29) is 45.4 Å². The second-order valence-electron chi connectivity index (χ2n) is 12.6. The lowest BCUT2D eigenvalue weighted by atomic mass is 10.1. The molecule has 0 saturated carbocycles. The number of carboxylic acids is 1. The Bertz CT molecular complexity index is 2570. The van der Waals surface area contributed by atoms with E-state index in [1.165, 1.54) is 87.0 Å². The predicted octanol–water partition coefficient (Wildman–Crippen LogP) is 5.36. The number of methoxy groups -OCH3 is 2. The maximum atomic E-state index is 13.1. The normalized spacial score (nSPS) is 10.4. The van der Waals surface area contributed by atoms with Gasteiger partial charge in [-0.2, -0.15) is 5.26 Å². The van der Waals surface area contributed by atoms with Crippen molar-refractivity contribution in [3.8, 4) is 34.8 Å². The molecular formula is C43H39N7O12. The van der Waals surface area contributed by atoms with Gasteiger partial charge in [-0.05, 0) is 91.4 Å². The molecule has 4 aromatic carbocycles. The van der Waals surface area contributed by atoms with Crippen LogP contribution in [0.25, 0.3) is 6.08 Å². The number of aromatic carboxylic acids is 1. The summed E-state index contributed by atoms with van der Waals surface area (Å²) < 4.78 is 10.3. The highest BCUT2D eigenvalue weighted by molar-refractivity contribution is 6.10. The molecule has 5 rings (SSSR count). The van der Waals surface area contributed by atoms with Gasteiger partial charge >= 0.3 is 5.97 Å². The number of hydrogen-bond acceptors (Lipinski definition) is 13. The number of carboxylic acid groups (broad SMARTS) is 1. The second kappa shape index (κ2) is 21.2. The standard InChI is InChI=1S/C41H36N6O12.C2H3N/c1-21(18-22-4-11-26(48)12-5-22)37(52)45-25-10-15-31(42-19-25)40(55)43-20-32(49)44-24-8-6-23(7-9-24)38(53)46-29-16-13-27(33(50)35(29)58-2)39(54)47-30-17-14-28(41(56)57)34(51)36(30)59-3;1-2-3/h4-19,48,50-51H,20H2,1-3H3,(H,43,55)(H,44,49)(H,45,52)(H,46,53)(H,47,54)(H,56,57);1H3/b21-18+;. The van der Waals surface area contributed by atoms with Crippen LogP contribution in [-0.2, 0) is 9.59 Å². The van der Waals surface area contributed by atoms with Crippen molar-refractivity contribution in [1.29, 1.82) is 5.26 Å². The lowest BCUT2D eigenvalue weighted by Gasteiger charge is -2.16. The molecule has 0 saturated heterocycles. The molecular weight excluding hydrogens is 807 g/mol. The van der Waals surface area contributed by atoms with Crippen molar-refractivity contribution in [1.82, 2.24) is 10.3 Å². The van der Waals surface area contributed by atoms with Crippen molar-refractivity contribution in [3.63, 3.8) is 0 Å². The van der Waals surface area contributed by atoms with Gasteiger partial charge in [-0.15, -0.1) is 0 Å². The highest BCUT2D eigenvalue weighted by Gasteiger charge is 2.24. The van der Waals surface area contributed by atoms with Crippen LogP contribution in [0.15, 0.2) is 96.7 Å². The molecule has 0 spiro atoms. The van der Waals surface area contributed by atoms with Gasteiger partial charge < -0.3 is 56.5 Å². The maximum Gasteiger partial charge on any atom is 0.339 e. The van der Waals surface area contributed by atoms with E-state index in [4.69, 9.17) is 14.7 Å². The van der Waals surface area contributed by atoms with Crippen molar-refractivity contribution in [2.45, 2.75) is 13.8 Å². The number of nitrogens with zero attached hydrogens (tertiary/aromatic N) is 2. The molecule has 0 aliphatic carbocycles. The number of pyridine rings is 1. The average molecular weight is 846 g/mol. The number of phenolic OH excluding ortho intramolecular Hbond substituents is 2. The topological polar surface area (TPSA) is 299 Å². The fraction of sp³-hybridized carbons (Fsp3) is 0.116. The van der Waals surface area contributed by atoms with Gasteiger partial charge in [0.05, 0.1) is 55.7 Å². The number of anilines is 4. The Morgan fingerprint density at radius 3 is 1.79 bits per heavy atom. The number of benzene rings is 4. The second-order valence-corrected chi connectivity index (χ2v) is 12.6. The number of hydrogen-bond donors (Lipinski definition) is 9. The Balaban J connectivity index is 0.00000273. The van der Waals surface area contributed by atoms with Crippen LogP contribution < -0.4 is 36.1 Å². The van der Waals surface area contributed by atoms with Crippen LogP contribution in [0.1, 0.15) is 61.0 Å². The average Bonchev–Trinajstić information content (AvgIpc) is 3.24. The van der Waals surface area contributed by atoms with Gasteiger partial charge in [-0.1, -0.05) is 12.1 Å². The van der Waals surface area contributed by atoms with Crippen LogP contribution in [0.3, 0.4) is 0 Å². The first-order chi connectivity index (χ1) is 29.6. The number of aromatic nitrogens is 1. The van der Waals surface area contributed by atoms with E-state index >= 15 is 0 Å². The number of aromatic hydroxyl groups is 3. The van der Waals surface area contributed by atoms with E-state index in [0.29, 0.717) is 16.9 Å². The minimum absolute atomic E-state index is 0.00278. The Morgan fingerprint density at radius 2 is 1.24 bits per heavy atom. The van der Waals surface area contributed by atoms with Crippen LogP contribution >= 0.6 is 0 Å². The lowest BCUT2D eigenvalue weighted by Crippen LogP contribution is -2.33. The van der Waals surface area contributed by atoms with Crippen molar-refractivity contribution in [2.24, 2.45) is 0 Å². The zero-order valence-electron chi connectivity index (χ0n) is 33.4. The van der Waals surface area contributed by atoms with Gasteiger partial charge in [0.1, 0.15) is 17.0 Å². The van der Waals surface area contributed by atoms with E-state index in [1.54, 1.807) is 31.2 Å². The van der Waals surface area contributed by atoms with Gasteiger partial charge in [0, 0.05) is 23.7 Å². The maximum absolute atomic E-state index is 13.1. The third-order valence-electron chi connectivity index (χ3n) is 8.37. The minimum Gasteiger partial charge on any atom is -0.508 e. The van der Waals surface area contributed by atoms with Gasteiger partial charge in [-0.25, -0.2) is 9.78 Å². The molecule has 0 atom stereocenters. The van der Waals surface area contributed by atoms with Gasteiger partial charge in [-0.3, -0.25) is 24.0 Å². The smallest absolute Gasteiger partial charge is 0.339 e. The van der Waals surface area contributed by atoms with Crippen LogP contribution in [0.4, 0.5) is 22.7 Å². The Kier molecular flexibility index (Phi) is 15.6. The summed E-state index contributed by atoms with van der Waals surface area (Å²) in [5.41, 5.74) is 1.07. The van der Waals surface area contributed by atoms with Crippen molar-refractivity contribution >= 4 is 64.3 Å². The number of amides is 5. The molecule has 0 radical (unpaired) electrons. The van der Waals surface area contributed by atoms with E-state index in [0.717, 1.165) is 18.7 Å². The summed E-state index contributed by atoms with van der Waals surface area (Å²) in [5.74, 6) is -6.37. The molecule has 5 amide bonds. The summed E-state index contributed by atoms with van der Waals surface area (Å²) >= 11 is 0. The van der Waals surface area contributed by atoms with Crippen molar-refractivity contribution in [2.75, 3.05) is 42.0 Å². The first-order valence-corrected chi connectivity index (χ1v) is 18.0. The van der Waals surface area contributed by atoms with Gasteiger partial charge in [0.25, 0.3) is 23.6 Å². The molecule has 0 fully saturated rings. The highest BCUT2D eigenvalue weighted by atomic mass is 16.5. The summed E-state index contributed by atoms with van der Waals surface area (Å²) in [6.07, 6.45) is 2.94. The Morgan fingerprint density at radius 1 is 0.694 bits per heavy atom. The monoisotopic (exact) mass is 845 g/mol. The van der Waals surface area contributed by atoms with Crippen LogP contribution in [0.2, 0.25) is 0 Å². The highest BCUT2D eigenvalue weighted by Crippen LogP contribution is 2.40. The summed E-state index contributed by atoms with van der Waals surface area (Å²) in [6.45, 7) is 2.64. The molecule has 19 nitrogen and oxygen atoms in total. The quantitative estimate of drug-likeness (QED) is 0.0636. The number of nitrogens with one attached hydrogen (secondary N) is 5. The number of carbonyl (C=O) groups excluding carboxylic acids is 5. The fourth-order valence-electron chi connectivity index (χ4n) is 5.37.